The van der Waals surface area contributed by atoms with Gasteiger partial charge in [-0.15, -0.1) is 0 Å². The third-order valence-electron chi connectivity index (χ3n) is 3.79. The molecule has 22 heavy (non-hydrogen) atoms. The van der Waals surface area contributed by atoms with Crippen molar-refractivity contribution in [3.63, 3.8) is 0 Å². The highest BCUT2D eigenvalue weighted by Gasteiger charge is 2.51. The number of aliphatic carboxylic acids is 1. The molecule has 0 bridgehead atoms. The van der Waals surface area contributed by atoms with Crippen molar-refractivity contribution in [1.29, 1.82) is 0 Å². The highest BCUT2D eigenvalue weighted by molar-refractivity contribution is 6.02. The largest absolute Gasteiger partial charge is 0.480 e. The van der Waals surface area contributed by atoms with E-state index in [4.69, 9.17) is 9.47 Å². The summed E-state index contributed by atoms with van der Waals surface area (Å²) < 4.78 is 10.4. The Hall–Kier alpha value is -3.02. The number of ether oxygens (including phenoxy) is 2. The third-order valence-corrected chi connectivity index (χ3v) is 3.79. The molecule has 0 aliphatic carbocycles. The van der Waals surface area contributed by atoms with Gasteiger partial charge in [-0.3, -0.25) is 9.59 Å². The lowest BCUT2D eigenvalue weighted by Crippen LogP contribution is -2.53. The van der Waals surface area contributed by atoms with Crippen LogP contribution in [0, 0.1) is 0 Å². The van der Waals surface area contributed by atoms with Gasteiger partial charge in [0.1, 0.15) is 18.8 Å². The van der Waals surface area contributed by atoms with E-state index in [1.54, 1.807) is 24.3 Å². The molecule has 1 atom stereocenters. The second-order valence-corrected chi connectivity index (χ2v) is 4.91. The summed E-state index contributed by atoms with van der Waals surface area (Å²) in [7, 11) is 0. The SMILES string of the molecule is C=Cc1ccc2c(c1)C(=O)NCC2(C(=O)O)C1=COC=CO1. The molecule has 1 unspecified atom stereocenters. The van der Waals surface area contributed by atoms with Gasteiger partial charge < -0.3 is 19.9 Å². The minimum Gasteiger partial charge on any atom is -0.480 e. The zero-order valence-corrected chi connectivity index (χ0v) is 11.5. The number of nitrogens with one attached hydrogen (secondary N) is 1. The summed E-state index contributed by atoms with van der Waals surface area (Å²) in [5.74, 6) is -1.36. The quantitative estimate of drug-likeness (QED) is 0.888. The van der Waals surface area contributed by atoms with Crippen LogP contribution >= 0.6 is 0 Å². The van der Waals surface area contributed by atoms with E-state index >= 15 is 0 Å². The lowest BCUT2D eigenvalue weighted by atomic mass is 9.73. The molecule has 0 saturated heterocycles. The maximum atomic E-state index is 12.1. The van der Waals surface area contributed by atoms with E-state index in [0.717, 1.165) is 5.56 Å². The average Bonchev–Trinajstić information content (AvgIpc) is 2.56. The van der Waals surface area contributed by atoms with Crippen molar-refractivity contribution in [2.75, 3.05) is 6.54 Å². The van der Waals surface area contributed by atoms with Gasteiger partial charge in [-0.25, -0.2) is 0 Å². The Labute approximate surface area is 126 Å². The van der Waals surface area contributed by atoms with Gasteiger partial charge in [0.15, 0.2) is 11.2 Å². The fraction of sp³-hybridized carbons (Fsp3) is 0.125. The fourth-order valence-corrected chi connectivity index (χ4v) is 2.63. The highest BCUT2D eigenvalue weighted by Crippen LogP contribution is 2.39. The average molecular weight is 299 g/mol. The number of rotatable bonds is 3. The number of carbonyl (C=O) groups excluding carboxylic acids is 1. The molecule has 0 aromatic heterocycles. The zero-order valence-electron chi connectivity index (χ0n) is 11.5. The molecule has 1 amide bonds. The predicted octanol–water partition coefficient (Wildman–Crippen LogP) is 1.75. The number of amides is 1. The van der Waals surface area contributed by atoms with Crippen molar-refractivity contribution in [2.24, 2.45) is 0 Å². The van der Waals surface area contributed by atoms with Crippen LogP contribution in [0.25, 0.3) is 6.08 Å². The van der Waals surface area contributed by atoms with Gasteiger partial charge in [0.05, 0.1) is 0 Å². The van der Waals surface area contributed by atoms with Crippen molar-refractivity contribution >= 4 is 18.0 Å². The molecule has 1 aromatic rings. The minimum atomic E-state index is -1.53. The Morgan fingerprint density at radius 2 is 2.23 bits per heavy atom. The van der Waals surface area contributed by atoms with Crippen molar-refractivity contribution in [2.45, 2.75) is 5.41 Å². The first-order valence-electron chi connectivity index (χ1n) is 6.56. The number of benzene rings is 1. The van der Waals surface area contributed by atoms with Crippen molar-refractivity contribution in [3.05, 3.63) is 66.0 Å². The molecule has 112 valence electrons. The maximum absolute atomic E-state index is 12.1. The van der Waals surface area contributed by atoms with Crippen LogP contribution in [0.3, 0.4) is 0 Å². The van der Waals surface area contributed by atoms with Crippen LogP contribution in [0.1, 0.15) is 21.5 Å². The lowest BCUT2D eigenvalue weighted by molar-refractivity contribution is -0.143. The number of carbonyl (C=O) groups is 2. The molecule has 2 aliphatic heterocycles. The first kappa shape index (κ1) is 13.9. The van der Waals surface area contributed by atoms with E-state index in [1.165, 1.54) is 18.8 Å². The Balaban J connectivity index is 2.23. The topological polar surface area (TPSA) is 84.9 Å². The monoisotopic (exact) mass is 299 g/mol. The Morgan fingerprint density at radius 3 is 2.86 bits per heavy atom. The summed E-state index contributed by atoms with van der Waals surface area (Å²) in [6.45, 7) is 3.53. The molecular formula is C16H13NO5. The Morgan fingerprint density at radius 1 is 1.41 bits per heavy atom. The first-order valence-corrected chi connectivity index (χ1v) is 6.56. The number of fused-ring (bicyclic) bond motifs is 1. The van der Waals surface area contributed by atoms with Crippen LogP contribution < -0.4 is 5.32 Å². The van der Waals surface area contributed by atoms with Gasteiger partial charge in [0, 0.05) is 12.1 Å². The van der Waals surface area contributed by atoms with Crippen molar-refractivity contribution < 1.29 is 24.2 Å². The van der Waals surface area contributed by atoms with Crippen molar-refractivity contribution in [1.82, 2.24) is 5.32 Å². The van der Waals surface area contributed by atoms with Gasteiger partial charge in [0.2, 0.25) is 0 Å². The molecule has 2 aliphatic rings. The second kappa shape index (κ2) is 5.07. The molecule has 1 aromatic carbocycles. The van der Waals surface area contributed by atoms with Crippen LogP contribution in [-0.2, 0) is 19.7 Å². The van der Waals surface area contributed by atoms with Crippen molar-refractivity contribution in [3.8, 4) is 0 Å². The van der Waals surface area contributed by atoms with E-state index in [-0.39, 0.29) is 23.8 Å². The molecule has 2 heterocycles. The van der Waals surface area contributed by atoms with Gasteiger partial charge in [-0.05, 0) is 17.2 Å². The van der Waals surface area contributed by atoms with E-state index < -0.39 is 11.4 Å². The molecule has 0 spiro atoms. The smallest absolute Gasteiger partial charge is 0.323 e. The fourth-order valence-electron chi connectivity index (χ4n) is 2.63. The molecule has 6 heteroatoms. The molecule has 0 saturated carbocycles. The first-order chi connectivity index (χ1) is 10.6. The molecular weight excluding hydrogens is 286 g/mol. The second-order valence-electron chi connectivity index (χ2n) is 4.91. The number of hydrogen-bond acceptors (Lipinski definition) is 4. The van der Waals surface area contributed by atoms with Crippen LogP contribution in [0.5, 0.6) is 0 Å². The van der Waals surface area contributed by atoms with Crippen LogP contribution in [0.4, 0.5) is 0 Å². The van der Waals surface area contributed by atoms with Gasteiger partial charge in [-0.2, -0.15) is 0 Å². The molecule has 0 radical (unpaired) electrons. The minimum absolute atomic E-state index is 0.107. The summed E-state index contributed by atoms with van der Waals surface area (Å²) in [6.07, 6.45) is 5.38. The predicted molar refractivity (Wildman–Crippen MR) is 77.6 cm³/mol. The van der Waals surface area contributed by atoms with Crippen LogP contribution in [-0.4, -0.2) is 23.5 Å². The summed E-state index contributed by atoms with van der Waals surface area (Å²) in [4.78, 5) is 24.1. The van der Waals surface area contributed by atoms with Gasteiger partial charge >= 0.3 is 5.97 Å². The number of carboxylic acids is 1. The maximum Gasteiger partial charge on any atom is 0.323 e. The molecule has 2 N–H and O–H groups in total. The number of hydrogen-bond donors (Lipinski definition) is 2. The zero-order chi connectivity index (χ0) is 15.7. The summed E-state index contributed by atoms with van der Waals surface area (Å²) >= 11 is 0. The van der Waals surface area contributed by atoms with Gasteiger partial charge in [0.25, 0.3) is 5.91 Å². The van der Waals surface area contributed by atoms with E-state index in [0.29, 0.717) is 5.56 Å². The Kier molecular flexibility index (Phi) is 3.21. The number of carboxylic acid groups (broad SMARTS) is 1. The third kappa shape index (κ3) is 1.88. The molecule has 3 rings (SSSR count). The summed E-state index contributed by atoms with van der Waals surface area (Å²) in [5.41, 5.74) is -0.164. The lowest BCUT2D eigenvalue weighted by Gasteiger charge is -2.36. The summed E-state index contributed by atoms with van der Waals surface area (Å²) in [5, 5.41) is 12.4. The van der Waals surface area contributed by atoms with E-state index in [9.17, 15) is 14.7 Å². The van der Waals surface area contributed by atoms with Crippen LogP contribution in [0.2, 0.25) is 0 Å². The van der Waals surface area contributed by atoms with E-state index in [2.05, 4.69) is 11.9 Å². The molecule has 6 nitrogen and oxygen atoms in total. The highest BCUT2D eigenvalue weighted by atomic mass is 16.5. The molecule has 0 fully saturated rings. The summed E-state index contributed by atoms with van der Waals surface area (Å²) in [6, 6.07) is 4.93. The Bertz CT molecular complexity index is 734. The normalized spacial score (nSPS) is 22.5. The van der Waals surface area contributed by atoms with E-state index in [1.807, 2.05) is 0 Å². The van der Waals surface area contributed by atoms with Crippen LogP contribution in [0.15, 0.2) is 49.3 Å². The standard InChI is InChI=1S/C16H13NO5/c1-2-10-3-4-12-11(7-10)14(18)17-9-16(12,15(19)20)13-8-21-5-6-22-13/h2-8H,1,9H2,(H,17,18)(H,19,20). The van der Waals surface area contributed by atoms with Gasteiger partial charge in [-0.1, -0.05) is 24.8 Å².